The van der Waals surface area contributed by atoms with E-state index in [1.165, 1.54) is 11.8 Å². The van der Waals surface area contributed by atoms with Crippen LogP contribution in [0.3, 0.4) is 0 Å². The van der Waals surface area contributed by atoms with Gasteiger partial charge < -0.3 is 15.2 Å². The van der Waals surface area contributed by atoms with E-state index >= 15 is 0 Å². The van der Waals surface area contributed by atoms with Gasteiger partial charge in [-0.05, 0) is 42.8 Å². The van der Waals surface area contributed by atoms with Gasteiger partial charge in [0.25, 0.3) is 0 Å². The molecule has 31 heavy (non-hydrogen) atoms. The molecule has 2 N–H and O–H groups in total. The fourth-order valence-electron chi connectivity index (χ4n) is 2.72. The third kappa shape index (κ3) is 6.17. The van der Waals surface area contributed by atoms with Crippen molar-refractivity contribution in [2.24, 2.45) is 0 Å². The summed E-state index contributed by atoms with van der Waals surface area (Å²) in [7, 11) is 0. The number of hydrogen-bond donors (Lipinski definition) is 2. The van der Waals surface area contributed by atoms with E-state index in [1.807, 2.05) is 23.6 Å². The number of nitrogens with zero attached hydrogens (tertiary/aromatic N) is 3. The molecule has 0 saturated heterocycles. The fourth-order valence-corrected chi connectivity index (χ4v) is 3.95. The Kier molecular flexibility index (Phi) is 8.26. The molecular weight excluding hydrogens is 477 g/mol. The van der Waals surface area contributed by atoms with Crippen LogP contribution in [-0.2, 0) is 17.9 Å². The molecule has 0 unspecified atom stereocenters. The van der Waals surface area contributed by atoms with Crippen molar-refractivity contribution in [1.82, 2.24) is 14.8 Å². The number of nitrogens with one attached hydrogen (secondary N) is 2. The van der Waals surface area contributed by atoms with Crippen LogP contribution in [-0.4, -0.2) is 26.4 Å². The molecular formula is C21H20Cl3N5OS. The summed E-state index contributed by atoms with van der Waals surface area (Å²) in [6.45, 7) is 6.60. The summed E-state index contributed by atoms with van der Waals surface area (Å²) in [5, 5.41) is 16.8. The van der Waals surface area contributed by atoms with Gasteiger partial charge in [0.15, 0.2) is 11.0 Å². The quantitative estimate of drug-likeness (QED) is 0.278. The average molecular weight is 497 g/mol. The Morgan fingerprint density at radius 3 is 2.71 bits per heavy atom. The van der Waals surface area contributed by atoms with Gasteiger partial charge in [0, 0.05) is 22.9 Å². The molecule has 0 aliphatic carbocycles. The number of allylic oxidation sites excluding steroid dienone is 1. The topological polar surface area (TPSA) is 71.8 Å². The Morgan fingerprint density at radius 2 is 1.97 bits per heavy atom. The second kappa shape index (κ2) is 10.9. The molecule has 1 amide bonds. The SMILES string of the molecule is C=CCn1c(CNc2ccc(Cl)c(Cl)c2)nnc1SCC(=O)Nc1cccc(Cl)c1C. The minimum absolute atomic E-state index is 0.154. The number of amides is 1. The minimum atomic E-state index is -0.154. The second-order valence-corrected chi connectivity index (χ2v) is 8.69. The van der Waals surface area contributed by atoms with Crippen molar-refractivity contribution in [3.8, 4) is 0 Å². The first kappa shape index (κ1) is 23.5. The van der Waals surface area contributed by atoms with Gasteiger partial charge in [-0.15, -0.1) is 16.8 Å². The van der Waals surface area contributed by atoms with E-state index in [1.54, 1.807) is 30.3 Å². The lowest BCUT2D eigenvalue weighted by atomic mass is 10.2. The lowest BCUT2D eigenvalue weighted by Gasteiger charge is -2.11. The summed E-state index contributed by atoms with van der Waals surface area (Å²) in [5.41, 5.74) is 2.33. The van der Waals surface area contributed by atoms with Crippen LogP contribution in [0.1, 0.15) is 11.4 Å². The molecule has 3 rings (SSSR count). The number of halogens is 3. The van der Waals surface area contributed by atoms with Crippen molar-refractivity contribution < 1.29 is 4.79 Å². The molecule has 0 spiro atoms. The lowest BCUT2D eigenvalue weighted by molar-refractivity contribution is -0.113. The van der Waals surface area contributed by atoms with Crippen molar-refractivity contribution >= 4 is 63.8 Å². The molecule has 0 fully saturated rings. The smallest absolute Gasteiger partial charge is 0.234 e. The number of carbonyl (C=O) groups is 1. The molecule has 2 aromatic carbocycles. The molecule has 1 aromatic heterocycles. The highest BCUT2D eigenvalue weighted by atomic mass is 35.5. The van der Waals surface area contributed by atoms with Crippen LogP contribution in [0.5, 0.6) is 0 Å². The Morgan fingerprint density at radius 1 is 1.16 bits per heavy atom. The zero-order valence-corrected chi connectivity index (χ0v) is 19.7. The summed E-state index contributed by atoms with van der Waals surface area (Å²) >= 11 is 19.4. The molecule has 6 nitrogen and oxygen atoms in total. The number of hydrogen-bond acceptors (Lipinski definition) is 5. The van der Waals surface area contributed by atoms with Crippen molar-refractivity contribution in [3.63, 3.8) is 0 Å². The lowest BCUT2D eigenvalue weighted by Crippen LogP contribution is -2.16. The molecule has 0 bridgehead atoms. The maximum atomic E-state index is 12.4. The van der Waals surface area contributed by atoms with Crippen LogP contribution >= 0.6 is 46.6 Å². The third-order valence-electron chi connectivity index (χ3n) is 4.35. The Bertz CT molecular complexity index is 1100. The average Bonchev–Trinajstić information content (AvgIpc) is 3.13. The zero-order valence-electron chi connectivity index (χ0n) is 16.7. The van der Waals surface area contributed by atoms with Crippen LogP contribution in [0.25, 0.3) is 0 Å². The Labute approximate surface area is 200 Å². The van der Waals surface area contributed by atoms with E-state index in [9.17, 15) is 4.79 Å². The van der Waals surface area contributed by atoms with Crippen molar-refractivity contribution in [1.29, 1.82) is 0 Å². The van der Waals surface area contributed by atoms with Gasteiger partial charge >= 0.3 is 0 Å². The number of carbonyl (C=O) groups excluding carboxylic acids is 1. The second-order valence-electron chi connectivity index (χ2n) is 6.53. The van der Waals surface area contributed by atoms with E-state index in [4.69, 9.17) is 34.8 Å². The predicted molar refractivity (Wildman–Crippen MR) is 130 cm³/mol. The van der Waals surface area contributed by atoms with Gasteiger partial charge in [0.1, 0.15) is 0 Å². The zero-order chi connectivity index (χ0) is 22.4. The summed E-state index contributed by atoms with van der Waals surface area (Å²) in [5.74, 6) is 0.736. The Balaban J connectivity index is 1.64. The highest BCUT2D eigenvalue weighted by molar-refractivity contribution is 7.99. The van der Waals surface area contributed by atoms with Crippen LogP contribution < -0.4 is 10.6 Å². The van der Waals surface area contributed by atoms with Crippen LogP contribution in [0.2, 0.25) is 15.1 Å². The molecule has 0 atom stereocenters. The van der Waals surface area contributed by atoms with Crippen LogP contribution in [0.15, 0.2) is 54.2 Å². The van der Waals surface area contributed by atoms with E-state index in [0.717, 1.165) is 11.3 Å². The van der Waals surface area contributed by atoms with Crippen molar-refractivity contribution in [2.75, 3.05) is 16.4 Å². The number of rotatable bonds is 9. The summed E-state index contributed by atoms with van der Waals surface area (Å²) in [6, 6.07) is 10.7. The molecule has 1 heterocycles. The third-order valence-corrected chi connectivity index (χ3v) is 6.46. The van der Waals surface area contributed by atoms with Crippen LogP contribution in [0.4, 0.5) is 11.4 Å². The summed E-state index contributed by atoms with van der Waals surface area (Å²) in [4.78, 5) is 12.4. The van der Waals surface area contributed by atoms with Gasteiger partial charge in [0.05, 0.1) is 22.3 Å². The molecule has 3 aromatic rings. The van der Waals surface area contributed by atoms with E-state index in [0.29, 0.717) is 44.8 Å². The van der Waals surface area contributed by atoms with E-state index < -0.39 is 0 Å². The minimum Gasteiger partial charge on any atom is -0.378 e. The molecule has 0 aliphatic rings. The fraction of sp³-hybridized carbons (Fsp3) is 0.190. The van der Waals surface area contributed by atoms with Crippen molar-refractivity contribution in [3.05, 3.63) is 75.5 Å². The number of anilines is 2. The largest absolute Gasteiger partial charge is 0.378 e. The number of thioether (sulfide) groups is 1. The molecule has 10 heteroatoms. The standard InChI is InChI=1S/C21H20Cl3N5OS/c1-3-9-29-19(11-25-14-7-8-16(23)17(24)10-14)27-28-21(29)31-12-20(30)26-18-6-4-5-15(22)13(18)2/h3-8,10,25H,1,9,11-12H2,2H3,(H,26,30). The van der Waals surface area contributed by atoms with Gasteiger partial charge in [-0.25, -0.2) is 0 Å². The first-order chi connectivity index (χ1) is 14.9. The van der Waals surface area contributed by atoms with Gasteiger partial charge in [-0.3, -0.25) is 4.79 Å². The van der Waals surface area contributed by atoms with E-state index in [-0.39, 0.29) is 11.7 Å². The number of aromatic nitrogens is 3. The maximum Gasteiger partial charge on any atom is 0.234 e. The van der Waals surface area contributed by atoms with Gasteiger partial charge in [-0.2, -0.15) is 0 Å². The molecule has 0 aliphatic heterocycles. The molecule has 0 radical (unpaired) electrons. The number of benzene rings is 2. The summed E-state index contributed by atoms with van der Waals surface area (Å²) < 4.78 is 1.90. The molecule has 0 saturated carbocycles. The van der Waals surface area contributed by atoms with Gasteiger partial charge in [-0.1, -0.05) is 58.7 Å². The first-order valence-electron chi connectivity index (χ1n) is 9.28. The molecule has 162 valence electrons. The first-order valence-corrected chi connectivity index (χ1v) is 11.4. The van der Waals surface area contributed by atoms with E-state index in [2.05, 4.69) is 27.4 Å². The highest BCUT2D eigenvalue weighted by Gasteiger charge is 2.14. The Hall–Kier alpha value is -2.19. The van der Waals surface area contributed by atoms with Gasteiger partial charge in [0.2, 0.25) is 5.91 Å². The highest BCUT2D eigenvalue weighted by Crippen LogP contribution is 2.26. The van der Waals surface area contributed by atoms with Crippen LogP contribution in [0, 0.1) is 6.92 Å². The van der Waals surface area contributed by atoms with Crippen molar-refractivity contribution in [2.45, 2.75) is 25.2 Å². The monoisotopic (exact) mass is 495 g/mol. The normalized spacial score (nSPS) is 10.7. The predicted octanol–water partition coefficient (Wildman–Crippen LogP) is 6.08. The summed E-state index contributed by atoms with van der Waals surface area (Å²) in [6.07, 6.45) is 1.76. The maximum absolute atomic E-state index is 12.4.